The van der Waals surface area contributed by atoms with Gasteiger partial charge in [0.1, 0.15) is 11.4 Å². The highest BCUT2D eigenvalue weighted by molar-refractivity contribution is 5.98. The average molecular weight is 281 g/mol. The van der Waals surface area contributed by atoms with E-state index in [4.69, 9.17) is 5.73 Å². The number of hydrogen-bond donors (Lipinski definition) is 1. The highest BCUT2D eigenvalue weighted by Gasteiger charge is 2.28. The first-order valence-corrected chi connectivity index (χ1v) is 6.46. The van der Waals surface area contributed by atoms with Crippen LogP contribution in [-0.2, 0) is 0 Å². The average Bonchev–Trinajstić information content (AvgIpc) is 2.46. The number of nitrogens with two attached hydrogens (primary N) is 1. The molecule has 20 heavy (non-hydrogen) atoms. The second kappa shape index (κ2) is 5.96. The third-order valence-electron chi connectivity index (χ3n) is 3.53. The lowest BCUT2D eigenvalue weighted by Gasteiger charge is -2.32. The van der Waals surface area contributed by atoms with Gasteiger partial charge in [-0.3, -0.25) is 14.9 Å². The van der Waals surface area contributed by atoms with Crippen molar-refractivity contribution >= 4 is 11.6 Å². The van der Waals surface area contributed by atoms with E-state index < -0.39 is 16.6 Å². The Balaban J connectivity index is 2.28. The normalized spacial score (nSPS) is 18.9. The molecule has 1 aromatic carbocycles. The van der Waals surface area contributed by atoms with E-state index in [0.29, 0.717) is 19.6 Å². The zero-order valence-electron chi connectivity index (χ0n) is 10.9. The number of benzene rings is 1. The number of hydrogen-bond acceptors (Lipinski definition) is 4. The molecule has 1 aromatic rings. The number of carbonyl (C=O) groups is 1. The summed E-state index contributed by atoms with van der Waals surface area (Å²) in [6.07, 6.45) is 1.74. The maximum Gasteiger partial charge on any atom is 0.282 e. The minimum atomic E-state index is -0.670. The highest BCUT2D eigenvalue weighted by Crippen LogP contribution is 2.24. The van der Waals surface area contributed by atoms with Crippen LogP contribution in [0.5, 0.6) is 0 Å². The number of nitrogens with zero attached hydrogens (tertiary/aromatic N) is 2. The molecule has 1 aliphatic heterocycles. The maximum atomic E-state index is 13.3. The standard InChI is InChI=1S/C13H16FN3O3/c14-10-3-4-12(17(19)20)11(6-10)13(18)16-5-1-2-9(7-15)8-16/h3-4,6,9H,1-2,5,7-8,15H2. The van der Waals surface area contributed by atoms with Gasteiger partial charge in [-0.15, -0.1) is 0 Å². The third kappa shape index (κ3) is 2.93. The molecule has 1 saturated heterocycles. The predicted octanol–water partition coefficient (Wildman–Crippen LogP) is 1.54. The molecule has 2 N–H and O–H groups in total. The predicted molar refractivity (Wildman–Crippen MR) is 70.7 cm³/mol. The van der Waals surface area contributed by atoms with Crippen LogP contribution in [-0.4, -0.2) is 35.4 Å². The number of carbonyl (C=O) groups excluding carboxylic acids is 1. The molecule has 1 fully saturated rings. The zero-order chi connectivity index (χ0) is 14.7. The first kappa shape index (κ1) is 14.4. The van der Waals surface area contributed by atoms with Gasteiger partial charge in [0.25, 0.3) is 11.6 Å². The quantitative estimate of drug-likeness (QED) is 0.672. The van der Waals surface area contributed by atoms with Crippen molar-refractivity contribution in [1.29, 1.82) is 0 Å². The Kier molecular flexibility index (Phi) is 4.29. The molecule has 6 nitrogen and oxygen atoms in total. The van der Waals surface area contributed by atoms with Gasteiger partial charge < -0.3 is 10.6 Å². The Morgan fingerprint density at radius 3 is 2.95 bits per heavy atom. The second-order valence-electron chi connectivity index (χ2n) is 4.91. The van der Waals surface area contributed by atoms with E-state index >= 15 is 0 Å². The molecule has 0 radical (unpaired) electrons. The topological polar surface area (TPSA) is 89.5 Å². The van der Waals surface area contributed by atoms with Crippen molar-refractivity contribution < 1.29 is 14.1 Å². The minimum absolute atomic E-state index is 0.195. The van der Waals surface area contributed by atoms with E-state index in [2.05, 4.69) is 0 Å². The van der Waals surface area contributed by atoms with Gasteiger partial charge in [0.15, 0.2) is 0 Å². The molecular formula is C13H16FN3O3. The Morgan fingerprint density at radius 1 is 1.55 bits per heavy atom. The monoisotopic (exact) mass is 281 g/mol. The van der Waals surface area contributed by atoms with E-state index in [9.17, 15) is 19.3 Å². The summed E-state index contributed by atoms with van der Waals surface area (Å²) in [4.78, 5) is 24.1. The fourth-order valence-electron chi connectivity index (χ4n) is 2.45. The van der Waals surface area contributed by atoms with Gasteiger partial charge >= 0.3 is 0 Å². The molecular weight excluding hydrogens is 265 g/mol. The van der Waals surface area contributed by atoms with Crippen LogP contribution in [0.1, 0.15) is 23.2 Å². The van der Waals surface area contributed by atoms with Gasteiger partial charge in [-0.1, -0.05) is 0 Å². The zero-order valence-corrected chi connectivity index (χ0v) is 10.9. The van der Waals surface area contributed by atoms with Crippen LogP contribution in [0.4, 0.5) is 10.1 Å². The number of halogens is 1. The Morgan fingerprint density at radius 2 is 2.30 bits per heavy atom. The fourth-order valence-corrected chi connectivity index (χ4v) is 2.45. The summed E-state index contributed by atoms with van der Waals surface area (Å²) in [6.45, 7) is 1.45. The highest BCUT2D eigenvalue weighted by atomic mass is 19.1. The first-order chi connectivity index (χ1) is 9.52. The number of amides is 1. The van der Waals surface area contributed by atoms with Crippen molar-refractivity contribution in [2.45, 2.75) is 12.8 Å². The summed E-state index contributed by atoms with van der Waals surface area (Å²) in [5.74, 6) is -0.971. The smallest absolute Gasteiger partial charge is 0.282 e. The van der Waals surface area contributed by atoms with E-state index in [1.54, 1.807) is 0 Å². The van der Waals surface area contributed by atoms with Crippen LogP contribution in [0.2, 0.25) is 0 Å². The van der Waals surface area contributed by atoms with Gasteiger partial charge in [0.2, 0.25) is 0 Å². The van der Waals surface area contributed by atoms with Crippen LogP contribution < -0.4 is 5.73 Å². The Bertz CT molecular complexity index is 536. The van der Waals surface area contributed by atoms with Crippen molar-refractivity contribution in [2.75, 3.05) is 19.6 Å². The first-order valence-electron chi connectivity index (χ1n) is 6.46. The number of nitro benzene ring substituents is 1. The van der Waals surface area contributed by atoms with Crippen LogP contribution in [0, 0.1) is 21.8 Å². The van der Waals surface area contributed by atoms with Crippen LogP contribution >= 0.6 is 0 Å². The van der Waals surface area contributed by atoms with E-state index in [1.807, 2.05) is 0 Å². The summed E-state index contributed by atoms with van der Waals surface area (Å²) >= 11 is 0. The van der Waals surface area contributed by atoms with Gasteiger partial charge in [-0.05, 0) is 37.4 Å². The Labute approximate surface area is 115 Å². The van der Waals surface area contributed by atoms with E-state index in [-0.39, 0.29) is 17.2 Å². The van der Waals surface area contributed by atoms with Crippen molar-refractivity contribution in [3.63, 3.8) is 0 Å². The third-order valence-corrected chi connectivity index (χ3v) is 3.53. The Hall–Kier alpha value is -2.02. The summed E-state index contributed by atoms with van der Waals surface area (Å²) < 4.78 is 13.3. The summed E-state index contributed by atoms with van der Waals surface area (Å²) in [5, 5.41) is 10.9. The van der Waals surface area contributed by atoms with Crippen molar-refractivity contribution in [1.82, 2.24) is 4.90 Å². The molecule has 0 bridgehead atoms. The van der Waals surface area contributed by atoms with Gasteiger partial charge in [0, 0.05) is 19.2 Å². The fraction of sp³-hybridized carbons (Fsp3) is 0.462. The molecule has 108 valence electrons. The maximum absolute atomic E-state index is 13.3. The SMILES string of the molecule is NCC1CCCN(C(=O)c2cc(F)ccc2[N+](=O)[O-])C1. The van der Waals surface area contributed by atoms with Gasteiger partial charge in [-0.2, -0.15) is 0 Å². The lowest BCUT2D eigenvalue weighted by atomic mass is 9.97. The molecule has 0 aliphatic carbocycles. The molecule has 0 aromatic heterocycles. The number of nitro groups is 1. The van der Waals surface area contributed by atoms with Crippen molar-refractivity contribution in [3.8, 4) is 0 Å². The second-order valence-corrected chi connectivity index (χ2v) is 4.91. The molecule has 7 heteroatoms. The minimum Gasteiger partial charge on any atom is -0.338 e. The lowest BCUT2D eigenvalue weighted by molar-refractivity contribution is -0.385. The van der Waals surface area contributed by atoms with Crippen LogP contribution in [0.15, 0.2) is 18.2 Å². The molecule has 2 rings (SSSR count). The van der Waals surface area contributed by atoms with E-state index in [0.717, 1.165) is 31.0 Å². The number of rotatable bonds is 3. The molecule has 1 amide bonds. The largest absolute Gasteiger partial charge is 0.338 e. The molecule has 1 atom stereocenters. The lowest BCUT2D eigenvalue weighted by Crippen LogP contribution is -2.42. The summed E-state index contributed by atoms with van der Waals surface area (Å²) in [7, 11) is 0. The van der Waals surface area contributed by atoms with Gasteiger partial charge in [-0.25, -0.2) is 4.39 Å². The van der Waals surface area contributed by atoms with Crippen molar-refractivity contribution in [2.24, 2.45) is 11.7 Å². The summed E-state index contributed by atoms with van der Waals surface area (Å²) in [6, 6.07) is 2.92. The molecule has 1 heterocycles. The van der Waals surface area contributed by atoms with E-state index in [1.165, 1.54) is 4.90 Å². The summed E-state index contributed by atoms with van der Waals surface area (Å²) in [5.41, 5.74) is 5.03. The van der Waals surface area contributed by atoms with Gasteiger partial charge in [0.05, 0.1) is 4.92 Å². The molecule has 1 unspecified atom stereocenters. The molecule has 0 saturated carbocycles. The molecule has 1 aliphatic rings. The van der Waals surface area contributed by atoms with Crippen molar-refractivity contribution in [3.05, 3.63) is 39.7 Å². The molecule has 0 spiro atoms. The van der Waals surface area contributed by atoms with Crippen LogP contribution in [0.25, 0.3) is 0 Å². The van der Waals surface area contributed by atoms with Crippen LogP contribution in [0.3, 0.4) is 0 Å². The number of piperidine rings is 1. The number of likely N-dealkylation sites (tertiary alicyclic amines) is 1.